The van der Waals surface area contributed by atoms with Crippen molar-refractivity contribution >= 4 is 22.5 Å². The summed E-state index contributed by atoms with van der Waals surface area (Å²) in [5, 5.41) is 13.5. The average molecular weight is 347 g/mol. The van der Waals surface area contributed by atoms with Gasteiger partial charge in [0.1, 0.15) is 11.8 Å². The predicted molar refractivity (Wildman–Crippen MR) is 103 cm³/mol. The first-order chi connectivity index (χ1) is 12.5. The molecule has 0 spiro atoms. The first-order valence-electron chi connectivity index (χ1n) is 8.44. The van der Waals surface area contributed by atoms with E-state index in [1.54, 1.807) is 7.11 Å². The minimum absolute atomic E-state index is 0.0211. The lowest BCUT2D eigenvalue weighted by Crippen LogP contribution is -2.17. The maximum Gasteiger partial charge on any atom is 0.226 e. The second-order valence-electron chi connectivity index (χ2n) is 6.50. The van der Waals surface area contributed by atoms with E-state index in [0.717, 1.165) is 33.6 Å². The lowest BCUT2D eigenvalue weighted by molar-refractivity contribution is -0.118. The van der Waals surface area contributed by atoms with Gasteiger partial charge in [0.15, 0.2) is 0 Å². The highest BCUT2D eigenvalue weighted by molar-refractivity contribution is 5.96. The summed E-state index contributed by atoms with van der Waals surface area (Å²) in [7, 11) is 3.56. The Kier molecular flexibility index (Phi) is 4.68. The van der Waals surface area contributed by atoms with Crippen LogP contribution in [-0.2, 0) is 11.8 Å². The molecule has 3 aromatic rings. The smallest absolute Gasteiger partial charge is 0.226 e. The van der Waals surface area contributed by atoms with Crippen molar-refractivity contribution in [3.05, 3.63) is 48.0 Å². The number of carbonyl (C=O) groups is 1. The standard InChI is InChI=1S/C21H21N3O2/c1-13(2)21(25)23-15-7-5-14(6-8-15)20-18(12-22)17-11-16(26-4)9-10-19(17)24(20)3/h5-11,13H,1-4H3,(H,23,25). The van der Waals surface area contributed by atoms with E-state index in [9.17, 15) is 10.1 Å². The van der Waals surface area contributed by atoms with Crippen molar-refractivity contribution in [1.82, 2.24) is 4.57 Å². The molecule has 0 radical (unpaired) electrons. The molecular formula is C21H21N3O2. The molecule has 0 saturated heterocycles. The lowest BCUT2D eigenvalue weighted by atomic mass is 10.1. The van der Waals surface area contributed by atoms with Crippen LogP contribution in [0.5, 0.6) is 5.75 Å². The molecular weight excluding hydrogens is 326 g/mol. The molecule has 0 unspecified atom stereocenters. The molecule has 1 heterocycles. The van der Waals surface area contributed by atoms with Gasteiger partial charge in [-0.2, -0.15) is 5.26 Å². The molecule has 132 valence electrons. The Morgan fingerprint density at radius 1 is 1.19 bits per heavy atom. The van der Waals surface area contributed by atoms with E-state index in [-0.39, 0.29) is 11.8 Å². The number of methoxy groups -OCH3 is 1. The highest BCUT2D eigenvalue weighted by Gasteiger charge is 2.17. The Morgan fingerprint density at radius 2 is 1.88 bits per heavy atom. The van der Waals surface area contributed by atoms with Gasteiger partial charge in [0.25, 0.3) is 0 Å². The van der Waals surface area contributed by atoms with Crippen LogP contribution >= 0.6 is 0 Å². The van der Waals surface area contributed by atoms with Crippen molar-refractivity contribution in [2.75, 3.05) is 12.4 Å². The topological polar surface area (TPSA) is 67.0 Å². The van der Waals surface area contributed by atoms with E-state index in [0.29, 0.717) is 5.56 Å². The third kappa shape index (κ3) is 3.02. The van der Waals surface area contributed by atoms with Crippen LogP contribution in [0.4, 0.5) is 5.69 Å². The van der Waals surface area contributed by atoms with E-state index in [2.05, 4.69) is 11.4 Å². The number of nitriles is 1. The fourth-order valence-corrected chi connectivity index (χ4v) is 3.00. The first-order valence-corrected chi connectivity index (χ1v) is 8.44. The minimum atomic E-state index is -0.0759. The zero-order valence-electron chi connectivity index (χ0n) is 15.3. The Labute approximate surface area is 152 Å². The molecule has 5 heteroatoms. The number of fused-ring (bicyclic) bond motifs is 1. The second kappa shape index (κ2) is 6.93. The summed E-state index contributed by atoms with van der Waals surface area (Å²) in [6.07, 6.45) is 0. The van der Waals surface area contributed by atoms with Gasteiger partial charge in [0, 0.05) is 29.6 Å². The normalized spacial score (nSPS) is 10.8. The number of aryl methyl sites for hydroxylation is 1. The van der Waals surface area contributed by atoms with E-state index in [4.69, 9.17) is 4.74 Å². The summed E-state index contributed by atoms with van der Waals surface area (Å²) < 4.78 is 7.30. The molecule has 1 amide bonds. The summed E-state index contributed by atoms with van der Waals surface area (Å²) in [5.74, 6) is 0.623. The Morgan fingerprint density at radius 3 is 2.46 bits per heavy atom. The number of nitrogens with zero attached hydrogens (tertiary/aromatic N) is 2. The fourth-order valence-electron chi connectivity index (χ4n) is 3.00. The molecule has 2 aromatic carbocycles. The number of anilines is 1. The van der Waals surface area contributed by atoms with Crippen LogP contribution in [0.3, 0.4) is 0 Å². The molecule has 0 aliphatic heterocycles. The molecule has 1 aromatic heterocycles. The fraction of sp³-hybridized carbons (Fsp3) is 0.238. The van der Waals surface area contributed by atoms with Crippen LogP contribution in [0.2, 0.25) is 0 Å². The summed E-state index contributed by atoms with van der Waals surface area (Å²) in [5.41, 5.74) is 4.08. The lowest BCUT2D eigenvalue weighted by Gasteiger charge is -2.09. The van der Waals surface area contributed by atoms with Gasteiger partial charge in [0.2, 0.25) is 5.91 Å². The Bertz CT molecular complexity index is 1010. The number of carbonyl (C=O) groups excluding carboxylic acids is 1. The number of nitrogens with one attached hydrogen (secondary N) is 1. The van der Waals surface area contributed by atoms with Crippen LogP contribution in [-0.4, -0.2) is 17.6 Å². The summed E-state index contributed by atoms with van der Waals surface area (Å²) in [6, 6.07) is 15.6. The molecule has 0 aliphatic rings. The van der Waals surface area contributed by atoms with Gasteiger partial charge in [-0.3, -0.25) is 4.79 Å². The van der Waals surface area contributed by atoms with Crippen molar-refractivity contribution < 1.29 is 9.53 Å². The minimum Gasteiger partial charge on any atom is -0.497 e. The van der Waals surface area contributed by atoms with Crippen LogP contribution < -0.4 is 10.1 Å². The van der Waals surface area contributed by atoms with E-state index < -0.39 is 0 Å². The van der Waals surface area contributed by atoms with Gasteiger partial charge in [-0.15, -0.1) is 0 Å². The Hall–Kier alpha value is -3.26. The number of ether oxygens (including phenoxy) is 1. The monoisotopic (exact) mass is 347 g/mol. The van der Waals surface area contributed by atoms with Gasteiger partial charge in [-0.1, -0.05) is 26.0 Å². The van der Waals surface area contributed by atoms with Crippen LogP contribution in [0.1, 0.15) is 19.4 Å². The highest BCUT2D eigenvalue weighted by atomic mass is 16.5. The summed E-state index contributed by atoms with van der Waals surface area (Å²) >= 11 is 0. The number of rotatable bonds is 4. The van der Waals surface area contributed by atoms with Crippen molar-refractivity contribution in [1.29, 1.82) is 5.26 Å². The Balaban J connectivity index is 2.06. The number of aromatic nitrogens is 1. The van der Waals surface area contributed by atoms with Crippen molar-refractivity contribution in [3.8, 4) is 23.1 Å². The molecule has 0 saturated carbocycles. The zero-order chi connectivity index (χ0) is 18.8. The number of benzene rings is 2. The van der Waals surface area contributed by atoms with Gasteiger partial charge in [-0.25, -0.2) is 0 Å². The molecule has 3 rings (SSSR count). The largest absolute Gasteiger partial charge is 0.497 e. The summed E-state index contributed by atoms with van der Waals surface area (Å²) in [4.78, 5) is 11.8. The van der Waals surface area contributed by atoms with Gasteiger partial charge in [-0.05, 0) is 35.9 Å². The first kappa shape index (κ1) is 17.6. The van der Waals surface area contributed by atoms with E-state index >= 15 is 0 Å². The van der Waals surface area contributed by atoms with Crippen LogP contribution in [0.25, 0.3) is 22.2 Å². The molecule has 5 nitrogen and oxygen atoms in total. The van der Waals surface area contributed by atoms with Crippen molar-refractivity contribution in [2.45, 2.75) is 13.8 Å². The maximum atomic E-state index is 11.8. The third-order valence-corrected chi connectivity index (χ3v) is 4.47. The number of hydrogen-bond acceptors (Lipinski definition) is 3. The van der Waals surface area contributed by atoms with Gasteiger partial charge >= 0.3 is 0 Å². The van der Waals surface area contributed by atoms with Gasteiger partial charge in [0.05, 0.1) is 18.4 Å². The molecule has 1 N–H and O–H groups in total. The van der Waals surface area contributed by atoms with E-state index in [1.165, 1.54) is 0 Å². The van der Waals surface area contributed by atoms with Crippen LogP contribution in [0.15, 0.2) is 42.5 Å². The zero-order valence-corrected chi connectivity index (χ0v) is 15.3. The summed E-state index contributed by atoms with van der Waals surface area (Å²) in [6.45, 7) is 3.71. The van der Waals surface area contributed by atoms with Crippen molar-refractivity contribution in [3.63, 3.8) is 0 Å². The maximum absolute atomic E-state index is 11.8. The molecule has 0 aliphatic carbocycles. The quantitative estimate of drug-likeness (QED) is 0.764. The molecule has 0 bridgehead atoms. The SMILES string of the molecule is COc1ccc2c(c1)c(C#N)c(-c1ccc(NC(=O)C(C)C)cc1)n2C. The third-order valence-electron chi connectivity index (χ3n) is 4.47. The average Bonchev–Trinajstić information content (AvgIpc) is 2.93. The van der Waals surface area contributed by atoms with E-state index in [1.807, 2.05) is 67.9 Å². The molecule has 0 fully saturated rings. The van der Waals surface area contributed by atoms with Crippen LogP contribution in [0, 0.1) is 17.2 Å². The number of amides is 1. The highest BCUT2D eigenvalue weighted by Crippen LogP contribution is 2.34. The molecule has 0 atom stereocenters. The van der Waals surface area contributed by atoms with Crippen molar-refractivity contribution in [2.24, 2.45) is 13.0 Å². The number of hydrogen-bond donors (Lipinski definition) is 1. The second-order valence-corrected chi connectivity index (χ2v) is 6.50. The molecule has 26 heavy (non-hydrogen) atoms. The van der Waals surface area contributed by atoms with Gasteiger partial charge < -0.3 is 14.6 Å². The predicted octanol–water partition coefficient (Wildman–Crippen LogP) is 4.32.